The van der Waals surface area contributed by atoms with Gasteiger partial charge in [-0.05, 0) is 32.6 Å². The van der Waals surface area contributed by atoms with Gasteiger partial charge in [-0.3, -0.25) is 4.99 Å². The molecule has 0 radical (unpaired) electrons. The highest BCUT2D eigenvalue weighted by atomic mass is 15.3. The van der Waals surface area contributed by atoms with Gasteiger partial charge < -0.3 is 10.6 Å². The Bertz CT molecular complexity index is 216. The van der Waals surface area contributed by atoms with Crippen LogP contribution >= 0.6 is 0 Å². The second-order valence-electron chi connectivity index (χ2n) is 4.54. The first-order valence-electron chi connectivity index (χ1n) is 4.67. The Kier molecular flexibility index (Phi) is 1.56. The van der Waals surface area contributed by atoms with E-state index in [1.807, 2.05) is 0 Å². The zero-order valence-corrected chi connectivity index (χ0v) is 7.88. The molecule has 0 unspecified atom stereocenters. The summed E-state index contributed by atoms with van der Waals surface area (Å²) >= 11 is 0. The molecule has 1 aliphatic heterocycles. The minimum absolute atomic E-state index is 0.159. The van der Waals surface area contributed by atoms with Crippen molar-refractivity contribution in [3.63, 3.8) is 0 Å². The Morgan fingerprint density at radius 1 is 1.58 bits per heavy atom. The summed E-state index contributed by atoms with van der Waals surface area (Å²) in [7, 11) is 0. The van der Waals surface area contributed by atoms with Crippen molar-refractivity contribution in [3.05, 3.63) is 0 Å². The number of nitrogens with two attached hydrogens (primary N) is 1. The molecule has 0 aromatic heterocycles. The standard InChI is InChI=1S/C9H17N3/c1-9(2)6-11-8(10)12(9)5-7-3-4-7/h7H,3-6H2,1-2H3,(H2,10,11). The molecule has 2 aliphatic rings. The normalized spacial score (nSPS) is 27.5. The van der Waals surface area contributed by atoms with Gasteiger partial charge in [0.15, 0.2) is 5.96 Å². The van der Waals surface area contributed by atoms with Crippen LogP contribution in [-0.2, 0) is 0 Å². The topological polar surface area (TPSA) is 41.6 Å². The van der Waals surface area contributed by atoms with Crippen LogP contribution in [-0.4, -0.2) is 29.5 Å². The molecule has 1 aliphatic carbocycles. The Morgan fingerprint density at radius 3 is 2.67 bits per heavy atom. The maximum atomic E-state index is 5.81. The van der Waals surface area contributed by atoms with E-state index in [-0.39, 0.29) is 5.54 Å². The van der Waals surface area contributed by atoms with Gasteiger partial charge in [-0.15, -0.1) is 0 Å². The Labute approximate surface area is 73.6 Å². The first-order chi connectivity index (χ1) is 5.59. The minimum atomic E-state index is 0.159. The van der Waals surface area contributed by atoms with Gasteiger partial charge in [0.05, 0.1) is 12.1 Å². The van der Waals surface area contributed by atoms with Crippen LogP contribution in [0, 0.1) is 5.92 Å². The molecule has 68 valence electrons. The first kappa shape index (κ1) is 7.90. The average Bonchev–Trinajstić information content (AvgIpc) is 2.74. The highest BCUT2D eigenvalue weighted by Crippen LogP contribution is 2.33. The summed E-state index contributed by atoms with van der Waals surface area (Å²) in [5.41, 5.74) is 5.97. The molecule has 3 nitrogen and oxygen atoms in total. The van der Waals surface area contributed by atoms with Crippen LogP contribution in [0.3, 0.4) is 0 Å². The molecule has 1 heterocycles. The van der Waals surface area contributed by atoms with E-state index in [1.54, 1.807) is 0 Å². The quantitative estimate of drug-likeness (QED) is 0.661. The fraction of sp³-hybridized carbons (Fsp3) is 0.889. The van der Waals surface area contributed by atoms with Crippen LogP contribution in [0.4, 0.5) is 0 Å². The summed E-state index contributed by atoms with van der Waals surface area (Å²) in [5.74, 6) is 1.63. The molecule has 0 aromatic carbocycles. The molecule has 0 spiro atoms. The second kappa shape index (κ2) is 2.38. The van der Waals surface area contributed by atoms with E-state index in [2.05, 4.69) is 23.7 Å². The third kappa shape index (κ3) is 1.28. The first-order valence-corrected chi connectivity index (χ1v) is 4.67. The maximum absolute atomic E-state index is 5.81. The molecular weight excluding hydrogens is 150 g/mol. The molecule has 0 amide bonds. The zero-order chi connectivity index (χ0) is 8.77. The van der Waals surface area contributed by atoms with Crippen molar-refractivity contribution in [3.8, 4) is 0 Å². The molecule has 0 atom stereocenters. The van der Waals surface area contributed by atoms with Gasteiger partial charge in [-0.25, -0.2) is 0 Å². The fourth-order valence-electron chi connectivity index (χ4n) is 1.65. The summed E-state index contributed by atoms with van der Waals surface area (Å²) in [6.45, 7) is 6.38. The van der Waals surface area contributed by atoms with Crippen LogP contribution in [0.5, 0.6) is 0 Å². The zero-order valence-electron chi connectivity index (χ0n) is 7.88. The van der Waals surface area contributed by atoms with Gasteiger partial charge in [-0.1, -0.05) is 0 Å². The van der Waals surface area contributed by atoms with Crippen LogP contribution in [0.2, 0.25) is 0 Å². The Balaban J connectivity index is 2.03. The summed E-state index contributed by atoms with van der Waals surface area (Å²) in [4.78, 5) is 6.53. The number of nitrogens with zero attached hydrogens (tertiary/aromatic N) is 2. The highest BCUT2D eigenvalue weighted by Gasteiger charge is 2.36. The van der Waals surface area contributed by atoms with Crippen LogP contribution in [0.1, 0.15) is 26.7 Å². The van der Waals surface area contributed by atoms with Gasteiger partial charge in [0.25, 0.3) is 0 Å². The van der Waals surface area contributed by atoms with Gasteiger partial charge >= 0.3 is 0 Å². The van der Waals surface area contributed by atoms with Crippen molar-refractivity contribution in [2.75, 3.05) is 13.1 Å². The van der Waals surface area contributed by atoms with E-state index >= 15 is 0 Å². The molecule has 12 heavy (non-hydrogen) atoms. The van der Waals surface area contributed by atoms with Crippen molar-refractivity contribution in [1.29, 1.82) is 0 Å². The molecule has 3 heteroatoms. The van der Waals surface area contributed by atoms with E-state index in [9.17, 15) is 0 Å². The van der Waals surface area contributed by atoms with E-state index in [0.29, 0.717) is 0 Å². The monoisotopic (exact) mass is 167 g/mol. The Hall–Kier alpha value is -0.730. The molecule has 1 fully saturated rings. The van der Waals surface area contributed by atoms with Crippen LogP contribution in [0.25, 0.3) is 0 Å². The predicted octanol–water partition coefficient (Wildman–Crippen LogP) is 0.805. The summed E-state index contributed by atoms with van der Waals surface area (Å²) in [5, 5.41) is 0. The predicted molar refractivity (Wildman–Crippen MR) is 50.0 cm³/mol. The second-order valence-corrected chi connectivity index (χ2v) is 4.54. The van der Waals surface area contributed by atoms with Crippen molar-refractivity contribution in [2.45, 2.75) is 32.2 Å². The lowest BCUT2D eigenvalue weighted by molar-refractivity contribution is 0.237. The molecule has 1 saturated carbocycles. The Morgan fingerprint density at radius 2 is 2.25 bits per heavy atom. The van der Waals surface area contributed by atoms with Crippen molar-refractivity contribution >= 4 is 5.96 Å². The number of aliphatic imine (C=N–C) groups is 1. The van der Waals surface area contributed by atoms with E-state index in [4.69, 9.17) is 5.73 Å². The lowest BCUT2D eigenvalue weighted by atomic mass is 10.0. The smallest absolute Gasteiger partial charge is 0.191 e. The lowest BCUT2D eigenvalue weighted by Gasteiger charge is -2.32. The number of hydrogen-bond donors (Lipinski definition) is 1. The van der Waals surface area contributed by atoms with Gasteiger partial charge in [0.1, 0.15) is 0 Å². The van der Waals surface area contributed by atoms with Crippen molar-refractivity contribution in [2.24, 2.45) is 16.6 Å². The third-order valence-electron chi connectivity index (χ3n) is 2.77. The van der Waals surface area contributed by atoms with Gasteiger partial charge in [-0.2, -0.15) is 0 Å². The van der Waals surface area contributed by atoms with Gasteiger partial charge in [0, 0.05) is 6.54 Å². The van der Waals surface area contributed by atoms with Crippen molar-refractivity contribution < 1.29 is 0 Å². The fourth-order valence-corrected chi connectivity index (χ4v) is 1.65. The van der Waals surface area contributed by atoms with E-state index in [1.165, 1.54) is 12.8 Å². The number of hydrogen-bond acceptors (Lipinski definition) is 3. The minimum Gasteiger partial charge on any atom is -0.370 e. The summed E-state index contributed by atoms with van der Waals surface area (Å²) < 4.78 is 0. The van der Waals surface area contributed by atoms with E-state index in [0.717, 1.165) is 25.0 Å². The maximum Gasteiger partial charge on any atom is 0.191 e. The average molecular weight is 167 g/mol. The summed E-state index contributed by atoms with van der Waals surface area (Å²) in [6.07, 6.45) is 2.75. The molecule has 2 N–H and O–H groups in total. The molecular formula is C9H17N3. The summed E-state index contributed by atoms with van der Waals surface area (Å²) in [6, 6.07) is 0. The van der Waals surface area contributed by atoms with Gasteiger partial charge in [0.2, 0.25) is 0 Å². The van der Waals surface area contributed by atoms with Crippen molar-refractivity contribution in [1.82, 2.24) is 4.90 Å². The number of rotatable bonds is 2. The molecule has 0 bridgehead atoms. The SMILES string of the molecule is CC1(C)CN=C(N)N1CC1CC1. The van der Waals surface area contributed by atoms with E-state index < -0.39 is 0 Å². The molecule has 0 saturated heterocycles. The lowest BCUT2D eigenvalue weighted by Crippen LogP contribution is -2.48. The van der Waals surface area contributed by atoms with Crippen LogP contribution < -0.4 is 5.73 Å². The highest BCUT2D eigenvalue weighted by molar-refractivity contribution is 5.80. The largest absolute Gasteiger partial charge is 0.370 e. The third-order valence-corrected chi connectivity index (χ3v) is 2.77. The molecule has 0 aromatic rings. The number of guanidine groups is 1. The molecule has 2 rings (SSSR count). The van der Waals surface area contributed by atoms with Crippen LogP contribution in [0.15, 0.2) is 4.99 Å².